The van der Waals surface area contributed by atoms with E-state index in [1.807, 2.05) is 0 Å². The molecule has 6 unspecified atom stereocenters. The first-order chi connectivity index (χ1) is 21.9. The predicted molar refractivity (Wildman–Crippen MR) is 151 cm³/mol. The van der Waals surface area contributed by atoms with Gasteiger partial charge in [0.25, 0.3) is 5.56 Å². The van der Waals surface area contributed by atoms with Crippen LogP contribution in [-0.2, 0) is 32.4 Å². The SMILES string of the molecule is Nc1nc2c(ncn2[C@@H]2O[C@H](CO)C(OP(=O)(O)OC[C@H]3O[C@@H](n4cnc5c(N)ncnc54)C(O)C3OC[PH](=O)O)C2O)c(=O)[nH]1. The molecule has 10 atom stereocenters. The number of anilines is 2. The van der Waals surface area contributed by atoms with Gasteiger partial charge in [0.1, 0.15) is 54.8 Å². The number of nitrogens with one attached hydrogen (secondary N) is 1. The number of fused-ring (bicyclic) bond motifs is 2. The van der Waals surface area contributed by atoms with Crippen molar-refractivity contribution in [2.75, 3.05) is 31.0 Å². The molecular weight excluding hydrogens is 662 g/mol. The lowest BCUT2D eigenvalue weighted by molar-refractivity contribution is -0.0622. The quantitative estimate of drug-likeness (QED) is 0.0724. The first-order valence-corrected chi connectivity index (χ1v) is 16.4. The van der Waals surface area contributed by atoms with E-state index in [4.69, 9.17) is 34.7 Å². The fourth-order valence-electron chi connectivity index (χ4n) is 5.22. The van der Waals surface area contributed by atoms with E-state index in [0.29, 0.717) is 0 Å². The van der Waals surface area contributed by atoms with Crippen LogP contribution >= 0.6 is 15.9 Å². The van der Waals surface area contributed by atoms with Crippen LogP contribution in [0.25, 0.3) is 22.3 Å². The van der Waals surface area contributed by atoms with Gasteiger partial charge in [-0.2, -0.15) is 4.98 Å². The normalized spacial score (nSPS) is 30.3. The molecule has 6 rings (SSSR count). The van der Waals surface area contributed by atoms with Gasteiger partial charge in [0.05, 0.1) is 25.9 Å². The van der Waals surface area contributed by atoms with E-state index in [2.05, 4.69) is 29.9 Å². The molecule has 2 aliphatic rings. The molecule has 0 radical (unpaired) electrons. The summed E-state index contributed by atoms with van der Waals surface area (Å²) in [7, 11) is -8.26. The molecule has 2 aliphatic heterocycles. The summed E-state index contributed by atoms with van der Waals surface area (Å²) in [5.74, 6) is -0.196. The fraction of sp³-hybridized carbons (Fsp3) is 0.524. The highest BCUT2D eigenvalue weighted by Gasteiger charge is 2.51. The minimum atomic E-state index is -5.10. The minimum Gasteiger partial charge on any atom is -0.394 e. The molecule has 0 bridgehead atoms. The highest BCUT2D eigenvalue weighted by Crippen LogP contribution is 2.49. The Kier molecular flexibility index (Phi) is 8.93. The van der Waals surface area contributed by atoms with E-state index >= 15 is 0 Å². The number of nitrogen functional groups attached to an aromatic ring is 2. The maximum absolute atomic E-state index is 13.1. The van der Waals surface area contributed by atoms with Gasteiger partial charge in [0.2, 0.25) is 14.0 Å². The standard InChI is InChI=1S/C21H28N10O13P2/c22-15-9-16(25-3-24-15)30(4-26-9)19-11(33)13(40-6-45(36)37)8(43-19)2-41-46(38,39)44-14-7(1-32)42-20(12(14)34)31-5-27-10-17(31)28-21(23)29-18(10)35/h3-5,7-8,11-14,19-20,32-34,45H,1-2,6H2,(H,36,37)(H,38,39)(H2,22,24,25)(H3,23,28,29,35)/t7-,8-,11?,12?,13?,14?,19-,20-/m1/s1. The average molecular weight is 690 g/mol. The van der Waals surface area contributed by atoms with E-state index in [-0.39, 0.29) is 34.1 Å². The zero-order valence-corrected chi connectivity index (χ0v) is 25.1. The van der Waals surface area contributed by atoms with Crippen LogP contribution in [0.15, 0.2) is 23.8 Å². The third-order valence-electron chi connectivity index (χ3n) is 7.24. The number of aromatic amines is 1. The number of aliphatic hydroxyl groups is 3. The average Bonchev–Trinajstić information content (AvgIpc) is 3.76. The number of rotatable bonds is 11. The smallest absolute Gasteiger partial charge is 0.394 e. The van der Waals surface area contributed by atoms with Crippen LogP contribution in [0.3, 0.4) is 0 Å². The molecule has 0 saturated carbocycles. The van der Waals surface area contributed by atoms with Gasteiger partial charge in [-0.15, -0.1) is 0 Å². The van der Waals surface area contributed by atoms with Crippen LogP contribution in [0.2, 0.25) is 0 Å². The van der Waals surface area contributed by atoms with Crippen molar-refractivity contribution in [2.24, 2.45) is 0 Å². The monoisotopic (exact) mass is 690 g/mol. The number of phosphoric ester groups is 1. The number of nitrogens with zero attached hydrogens (tertiary/aromatic N) is 7. The Morgan fingerprint density at radius 3 is 2.35 bits per heavy atom. The Bertz CT molecular complexity index is 1870. The third kappa shape index (κ3) is 6.03. The van der Waals surface area contributed by atoms with Crippen molar-refractivity contribution in [2.45, 2.75) is 49.1 Å². The number of phosphoric acid groups is 1. The molecule has 4 aromatic heterocycles. The largest absolute Gasteiger partial charge is 0.472 e. The van der Waals surface area contributed by atoms with Crippen molar-refractivity contribution >= 4 is 49.9 Å². The number of hydrogen-bond acceptors (Lipinski definition) is 18. The Hall–Kier alpha value is -3.44. The molecule has 0 spiro atoms. The zero-order chi connectivity index (χ0) is 32.9. The van der Waals surface area contributed by atoms with Crippen LogP contribution in [0.4, 0.5) is 11.8 Å². The van der Waals surface area contributed by atoms with Crippen molar-refractivity contribution in [3.8, 4) is 0 Å². The van der Waals surface area contributed by atoms with E-state index in [0.717, 1.165) is 17.2 Å². The van der Waals surface area contributed by atoms with Crippen molar-refractivity contribution in [1.82, 2.24) is 39.0 Å². The minimum absolute atomic E-state index is 0.0537. The summed E-state index contributed by atoms with van der Waals surface area (Å²) in [4.78, 5) is 54.3. The second kappa shape index (κ2) is 12.6. The van der Waals surface area contributed by atoms with Crippen LogP contribution in [0.1, 0.15) is 12.5 Å². The van der Waals surface area contributed by atoms with Gasteiger partial charge in [-0.05, 0) is 0 Å². The molecule has 250 valence electrons. The molecule has 6 heterocycles. The number of ether oxygens (including phenoxy) is 3. The second-order valence-corrected chi connectivity index (χ2v) is 12.6. The van der Waals surface area contributed by atoms with Crippen LogP contribution in [0.5, 0.6) is 0 Å². The van der Waals surface area contributed by atoms with Crippen molar-refractivity contribution in [3.63, 3.8) is 0 Å². The Morgan fingerprint density at radius 2 is 1.65 bits per heavy atom. The Labute approximate surface area is 256 Å². The summed E-state index contributed by atoms with van der Waals surface area (Å²) in [6.07, 6.45) is -8.72. The maximum atomic E-state index is 13.1. The van der Waals surface area contributed by atoms with Gasteiger partial charge < -0.3 is 50.8 Å². The molecule has 2 fully saturated rings. The molecule has 0 aromatic carbocycles. The van der Waals surface area contributed by atoms with Gasteiger partial charge in [-0.25, -0.2) is 24.5 Å². The maximum Gasteiger partial charge on any atom is 0.472 e. The lowest BCUT2D eigenvalue weighted by atomic mass is 10.1. The fourth-order valence-corrected chi connectivity index (χ4v) is 6.52. The van der Waals surface area contributed by atoms with Gasteiger partial charge in [-0.3, -0.25) is 32.5 Å². The topological polar surface area (TPSA) is 341 Å². The third-order valence-corrected chi connectivity index (χ3v) is 8.64. The summed E-state index contributed by atoms with van der Waals surface area (Å²) in [6.45, 7) is -1.54. The first kappa shape index (κ1) is 32.5. The summed E-state index contributed by atoms with van der Waals surface area (Å²) >= 11 is 0. The number of hydrogen-bond donors (Lipinski definition) is 8. The summed E-state index contributed by atoms with van der Waals surface area (Å²) in [5.41, 5.74) is 10.9. The number of nitrogens with two attached hydrogens (primary N) is 2. The molecule has 2 saturated heterocycles. The second-order valence-electron chi connectivity index (χ2n) is 10.2. The summed E-state index contributed by atoms with van der Waals surface area (Å²) in [6, 6.07) is 0. The van der Waals surface area contributed by atoms with Gasteiger partial charge in [0.15, 0.2) is 35.1 Å². The molecule has 46 heavy (non-hydrogen) atoms. The van der Waals surface area contributed by atoms with Crippen LogP contribution in [-0.4, -0.2) is 120 Å². The zero-order valence-electron chi connectivity index (χ0n) is 23.2. The van der Waals surface area contributed by atoms with E-state index < -0.39 is 90.1 Å². The Morgan fingerprint density at radius 1 is 1.00 bits per heavy atom. The first-order valence-electron chi connectivity index (χ1n) is 13.3. The van der Waals surface area contributed by atoms with Gasteiger partial charge in [-0.1, -0.05) is 0 Å². The van der Waals surface area contributed by atoms with E-state index in [1.165, 1.54) is 10.9 Å². The van der Waals surface area contributed by atoms with Gasteiger partial charge in [0, 0.05) is 0 Å². The molecule has 25 heteroatoms. The lowest BCUT2D eigenvalue weighted by Crippen LogP contribution is -2.37. The molecule has 10 N–H and O–H groups in total. The van der Waals surface area contributed by atoms with Crippen molar-refractivity contribution in [3.05, 3.63) is 29.3 Å². The highest BCUT2D eigenvalue weighted by atomic mass is 31.2. The number of imidazole rings is 2. The molecule has 0 amide bonds. The number of H-pyrrole nitrogens is 1. The number of aliphatic hydroxyl groups excluding tert-OH is 3. The predicted octanol–water partition coefficient (Wildman–Crippen LogP) is -3.06. The van der Waals surface area contributed by atoms with Gasteiger partial charge >= 0.3 is 7.82 Å². The van der Waals surface area contributed by atoms with Crippen LogP contribution < -0.4 is 17.0 Å². The van der Waals surface area contributed by atoms with Crippen molar-refractivity contribution < 1.29 is 57.5 Å². The van der Waals surface area contributed by atoms with E-state index in [1.54, 1.807) is 0 Å². The molecular formula is C21H28N10O13P2. The number of aromatic nitrogens is 8. The van der Waals surface area contributed by atoms with Crippen molar-refractivity contribution in [1.29, 1.82) is 0 Å². The highest BCUT2D eigenvalue weighted by molar-refractivity contribution is 7.47. The summed E-state index contributed by atoms with van der Waals surface area (Å²) < 4.78 is 54.1. The summed E-state index contributed by atoms with van der Waals surface area (Å²) in [5, 5.41) is 31.9. The molecule has 0 aliphatic carbocycles. The molecule has 23 nitrogen and oxygen atoms in total. The lowest BCUT2D eigenvalue weighted by Gasteiger charge is -2.24. The van der Waals surface area contributed by atoms with Crippen LogP contribution in [0, 0.1) is 0 Å². The van der Waals surface area contributed by atoms with E-state index in [9.17, 15) is 39.0 Å². The Balaban J connectivity index is 1.18. The molecule has 4 aromatic rings.